The molecular weight excluding hydrogens is 274 g/mol. The minimum Gasteiger partial charge on any atom is -0.268 e. The lowest BCUT2D eigenvalue weighted by Crippen LogP contribution is -1.94. The van der Waals surface area contributed by atoms with Crippen LogP contribution >= 0.6 is 34.2 Å². The lowest BCUT2D eigenvalue weighted by atomic mass is 10.5. The van der Waals surface area contributed by atoms with Gasteiger partial charge in [0.2, 0.25) is 0 Å². The van der Waals surface area contributed by atoms with Crippen LogP contribution in [0.25, 0.3) is 0 Å². The maximum absolute atomic E-state index is 5.46. The van der Waals surface area contributed by atoms with E-state index in [1.165, 1.54) is 0 Å². The molecule has 1 aromatic heterocycles. The molecule has 0 atom stereocenters. The molecule has 0 amide bonds. The molecule has 0 unspecified atom stereocenters. The third-order valence-electron chi connectivity index (χ3n) is 1.15. The Morgan fingerprint density at radius 3 is 3.00 bits per heavy atom. The van der Waals surface area contributed by atoms with Gasteiger partial charge in [-0.2, -0.15) is 5.10 Å². The zero-order chi connectivity index (χ0) is 8.10. The summed E-state index contributed by atoms with van der Waals surface area (Å²) in [5.74, 6) is 0.568. The normalized spacial score (nSPS) is 11.1. The summed E-state index contributed by atoms with van der Waals surface area (Å²) in [7, 11) is 0. The van der Waals surface area contributed by atoms with Crippen LogP contribution in [-0.4, -0.2) is 15.7 Å². The predicted molar refractivity (Wildman–Crippen MR) is 54.8 cm³/mol. The minimum atomic E-state index is 0.568. The average Bonchev–Trinajstić information content (AvgIpc) is 2.37. The van der Waals surface area contributed by atoms with Gasteiger partial charge in [0.1, 0.15) is 0 Å². The predicted octanol–water partition coefficient (Wildman–Crippen LogP) is 2.28. The Kier molecular flexibility index (Phi) is 3.93. The number of rotatable bonds is 3. The SMILES string of the molecule is ClC/C=C/Cn1cc(I)cn1. The van der Waals surface area contributed by atoms with E-state index in [0.29, 0.717) is 5.88 Å². The Bertz CT molecular complexity index is 244. The molecule has 0 aliphatic carbocycles. The van der Waals surface area contributed by atoms with Crippen molar-refractivity contribution in [3.05, 3.63) is 28.1 Å². The van der Waals surface area contributed by atoms with E-state index in [4.69, 9.17) is 11.6 Å². The molecule has 60 valence electrons. The number of hydrogen-bond donors (Lipinski definition) is 0. The van der Waals surface area contributed by atoms with E-state index >= 15 is 0 Å². The third kappa shape index (κ3) is 3.25. The first kappa shape index (κ1) is 9.06. The summed E-state index contributed by atoms with van der Waals surface area (Å²) < 4.78 is 3.02. The number of allylic oxidation sites excluding steroid dienone is 2. The van der Waals surface area contributed by atoms with Crippen molar-refractivity contribution in [3.8, 4) is 0 Å². The molecule has 1 rings (SSSR count). The number of hydrogen-bond acceptors (Lipinski definition) is 1. The fourth-order valence-electron chi connectivity index (χ4n) is 0.684. The van der Waals surface area contributed by atoms with Crippen molar-refractivity contribution < 1.29 is 0 Å². The molecule has 1 heterocycles. The van der Waals surface area contributed by atoms with Crippen molar-refractivity contribution >= 4 is 34.2 Å². The van der Waals surface area contributed by atoms with E-state index in [2.05, 4.69) is 27.7 Å². The molecule has 11 heavy (non-hydrogen) atoms. The Morgan fingerprint density at radius 1 is 1.64 bits per heavy atom. The van der Waals surface area contributed by atoms with Gasteiger partial charge in [0, 0.05) is 12.1 Å². The number of alkyl halides is 1. The fourth-order valence-corrected chi connectivity index (χ4v) is 1.26. The fraction of sp³-hybridized carbons (Fsp3) is 0.286. The molecular formula is C7H8ClIN2. The highest BCUT2D eigenvalue weighted by Gasteiger charge is 1.89. The van der Waals surface area contributed by atoms with Crippen LogP contribution in [0.15, 0.2) is 24.5 Å². The largest absolute Gasteiger partial charge is 0.268 e. The zero-order valence-electron chi connectivity index (χ0n) is 5.87. The number of halogens is 2. The molecule has 0 fully saturated rings. The van der Waals surface area contributed by atoms with Crippen molar-refractivity contribution in [1.29, 1.82) is 0 Å². The van der Waals surface area contributed by atoms with Crippen molar-refractivity contribution in [2.45, 2.75) is 6.54 Å². The Morgan fingerprint density at radius 2 is 2.45 bits per heavy atom. The monoisotopic (exact) mass is 282 g/mol. The quantitative estimate of drug-likeness (QED) is 0.472. The topological polar surface area (TPSA) is 17.8 Å². The standard InChI is InChI=1S/C7H8ClIN2/c8-3-1-2-4-11-6-7(9)5-10-11/h1-2,5-6H,3-4H2/b2-1+. The van der Waals surface area contributed by atoms with E-state index in [-0.39, 0.29) is 0 Å². The maximum Gasteiger partial charge on any atom is 0.0623 e. The molecule has 0 radical (unpaired) electrons. The van der Waals surface area contributed by atoms with Gasteiger partial charge in [0.05, 0.1) is 16.3 Å². The summed E-state index contributed by atoms with van der Waals surface area (Å²) in [5, 5.41) is 4.10. The van der Waals surface area contributed by atoms with Gasteiger partial charge in [-0.15, -0.1) is 11.6 Å². The molecule has 0 saturated heterocycles. The van der Waals surface area contributed by atoms with E-state index in [9.17, 15) is 0 Å². The smallest absolute Gasteiger partial charge is 0.0623 e. The van der Waals surface area contributed by atoms with Gasteiger partial charge in [-0.3, -0.25) is 4.68 Å². The van der Waals surface area contributed by atoms with E-state index in [0.717, 1.165) is 10.1 Å². The van der Waals surface area contributed by atoms with Gasteiger partial charge >= 0.3 is 0 Å². The van der Waals surface area contributed by atoms with Gasteiger partial charge in [-0.05, 0) is 22.6 Å². The van der Waals surface area contributed by atoms with Crippen LogP contribution < -0.4 is 0 Å². The summed E-state index contributed by atoms with van der Waals surface area (Å²) in [5.41, 5.74) is 0. The first-order valence-electron chi connectivity index (χ1n) is 3.22. The molecule has 0 spiro atoms. The third-order valence-corrected chi connectivity index (χ3v) is 1.89. The van der Waals surface area contributed by atoms with Crippen molar-refractivity contribution in [1.82, 2.24) is 9.78 Å². The summed E-state index contributed by atoms with van der Waals surface area (Å²) in [6.07, 6.45) is 7.72. The molecule has 0 aliphatic rings. The van der Waals surface area contributed by atoms with Gasteiger partial charge in [-0.25, -0.2) is 0 Å². The second kappa shape index (κ2) is 4.77. The lowest BCUT2D eigenvalue weighted by molar-refractivity contribution is 0.701. The second-order valence-electron chi connectivity index (χ2n) is 2.01. The lowest BCUT2D eigenvalue weighted by Gasteiger charge is -1.91. The van der Waals surface area contributed by atoms with Crippen molar-refractivity contribution in [2.75, 3.05) is 5.88 Å². The van der Waals surface area contributed by atoms with Crippen LogP contribution in [-0.2, 0) is 6.54 Å². The highest BCUT2D eigenvalue weighted by Crippen LogP contribution is 2.00. The molecule has 0 aromatic carbocycles. The minimum absolute atomic E-state index is 0.568. The summed E-state index contributed by atoms with van der Waals surface area (Å²) >= 11 is 7.68. The molecule has 0 N–H and O–H groups in total. The molecule has 0 aliphatic heterocycles. The van der Waals surface area contributed by atoms with Crippen LogP contribution in [0, 0.1) is 3.57 Å². The second-order valence-corrected chi connectivity index (χ2v) is 3.56. The van der Waals surface area contributed by atoms with Gasteiger partial charge in [0.25, 0.3) is 0 Å². The highest BCUT2D eigenvalue weighted by atomic mass is 127. The summed E-state index contributed by atoms with van der Waals surface area (Å²) in [6.45, 7) is 0.801. The molecule has 2 nitrogen and oxygen atoms in total. The van der Waals surface area contributed by atoms with Crippen molar-refractivity contribution in [3.63, 3.8) is 0 Å². The van der Waals surface area contributed by atoms with Gasteiger partial charge in [-0.1, -0.05) is 12.2 Å². The average molecular weight is 283 g/mol. The van der Waals surface area contributed by atoms with Crippen molar-refractivity contribution in [2.24, 2.45) is 0 Å². The zero-order valence-corrected chi connectivity index (χ0v) is 8.79. The van der Waals surface area contributed by atoms with Crippen LogP contribution in [0.1, 0.15) is 0 Å². The number of aromatic nitrogens is 2. The Hall–Kier alpha value is -0.0300. The molecule has 0 bridgehead atoms. The number of nitrogens with zero attached hydrogens (tertiary/aromatic N) is 2. The molecule has 4 heteroatoms. The van der Waals surface area contributed by atoms with E-state index < -0.39 is 0 Å². The van der Waals surface area contributed by atoms with Gasteiger partial charge in [0.15, 0.2) is 0 Å². The first-order valence-corrected chi connectivity index (χ1v) is 4.83. The summed E-state index contributed by atoms with van der Waals surface area (Å²) in [4.78, 5) is 0. The summed E-state index contributed by atoms with van der Waals surface area (Å²) in [6, 6.07) is 0. The maximum atomic E-state index is 5.46. The van der Waals surface area contributed by atoms with Crippen LogP contribution in [0.4, 0.5) is 0 Å². The van der Waals surface area contributed by atoms with Crippen LogP contribution in [0.5, 0.6) is 0 Å². The highest BCUT2D eigenvalue weighted by molar-refractivity contribution is 14.1. The van der Waals surface area contributed by atoms with Gasteiger partial charge < -0.3 is 0 Å². The van der Waals surface area contributed by atoms with Crippen LogP contribution in [0.2, 0.25) is 0 Å². The van der Waals surface area contributed by atoms with Crippen LogP contribution in [0.3, 0.4) is 0 Å². The Labute approximate surface area is 84.4 Å². The molecule has 1 aromatic rings. The van der Waals surface area contributed by atoms with E-state index in [1.54, 1.807) is 0 Å². The Balaban J connectivity index is 2.45. The first-order chi connectivity index (χ1) is 5.33. The molecule has 0 saturated carbocycles. The van der Waals surface area contributed by atoms with E-state index in [1.807, 2.05) is 29.2 Å².